The van der Waals surface area contributed by atoms with Gasteiger partial charge in [0.05, 0.1) is 12.0 Å². The molecule has 19 heavy (non-hydrogen) atoms. The number of hydrogen-bond acceptors (Lipinski definition) is 6. The number of aromatic nitrogens is 2. The summed E-state index contributed by atoms with van der Waals surface area (Å²) in [6.07, 6.45) is 1.10. The van der Waals surface area contributed by atoms with Crippen LogP contribution in [0, 0.1) is 10.1 Å². The Morgan fingerprint density at radius 3 is 2.95 bits per heavy atom. The highest BCUT2D eigenvalue weighted by atomic mass is 35.5. The molecule has 0 aliphatic carbocycles. The summed E-state index contributed by atoms with van der Waals surface area (Å²) in [4.78, 5) is 18.6. The van der Waals surface area contributed by atoms with E-state index in [1.807, 2.05) is 0 Å². The lowest BCUT2D eigenvalue weighted by Crippen LogP contribution is -1.95. The van der Waals surface area contributed by atoms with E-state index in [-0.39, 0.29) is 16.0 Å². The molecule has 0 N–H and O–H groups in total. The van der Waals surface area contributed by atoms with Gasteiger partial charge in [0.2, 0.25) is 5.28 Å². The van der Waals surface area contributed by atoms with Crippen molar-refractivity contribution in [2.75, 3.05) is 7.11 Å². The summed E-state index contributed by atoms with van der Waals surface area (Å²) < 4.78 is 5.09. The molecule has 6 nitrogen and oxygen atoms in total. The molecule has 0 unspecified atom stereocenters. The maximum atomic E-state index is 10.9. The van der Waals surface area contributed by atoms with Crippen molar-refractivity contribution in [2.45, 2.75) is 9.92 Å². The largest absolute Gasteiger partial charge is 0.497 e. The summed E-state index contributed by atoms with van der Waals surface area (Å²) in [5.41, 5.74) is -0.183. The van der Waals surface area contributed by atoms with E-state index >= 15 is 0 Å². The molecule has 98 valence electrons. The Morgan fingerprint density at radius 2 is 2.26 bits per heavy atom. The van der Waals surface area contributed by atoms with Crippen LogP contribution in [0.4, 0.5) is 5.69 Å². The van der Waals surface area contributed by atoms with Crippen molar-refractivity contribution in [3.05, 3.63) is 45.9 Å². The maximum absolute atomic E-state index is 10.9. The van der Waals surface area contributed by atoms with Crippen molar-refractivity contribution < 1.29 is 9.66 Å². The van der Waals surface area contributed by atoms with Gasteiger partial charge in [-0.05, 0) is 29.8 Å². The first-order chi connectivity index (χ1) is 9.10. The molecule has 0 amide bonds. The van der Waals surface area contributed by atoms with Gasteiger partial charge in [-0.2, -0.15) is 0 Å². The molecule has 1 aromatic carbocycles. The quantitative estimate of drug-likeness (QED) is 0.373. The summed E-state index contributed by atoms with van der Waals surface area (Å²) in [5.74, 6) is 0.660. The van der Waals surface area contributed by atoms with E-state index in [4.69, 9.17) is 16.3 Å². The Hall–Kier alpha value is -1.86. The van der Waals surface area contributed by atoms with Crippen molar-refractivity contribution in [2.24, 2.45) is 0 Å². The zero-order valence-corrected chi connectivity index (χ0v) is 11.3. The topological polar surface area (TPSA) is 78.2 Å². The van der Waals surface area contributed by atoms with Crippen LogP contribution >= 0.6 is 23.4 Å². The van der Waals surface area contributed by atoms with Gasteiger partial charge in [-0.1, -0.05) is 17.8 Å². The highest BCUT2D eigenvalue weighted by Gasteiger charge is 2.18. The molecule has 0 aliphatic rings. The minimum atomic E-state index is -0.543. The summed E-state index contributed by atoms with van der Waals surface area (Å²) in [6.45, 7) is 0. The van der Waals surface area contributed by atoms with Gasteiger partial charge in [-0.3, -0.25) is 10.1 Å². The third-order valence-electron chi connectivity index (χ3n) is 2.16. The van der Waals surface area contributed by atoms with Crippen molar-refractivity contribution in [3.63, 3.8) is 0 Å². The number of nitrogens with zero attached hydrogens (tertiary/aromatic N) is 3. The fraction of sp³-hybridized carbons (Fsp3) is 0.0909. The number of hydrogen-bond donors (Lipinski definition) is 0. The molecular weight excluding hydrogens is 290 g/mol. The third kappa shape index (κ3) is 3.33. The summed E-state index contributed by atoms with van der Waals surface area (Å²) in [7, 11) is 1.55. The maximum Gasteiger partial charge on any atom is 0.319 e. The van der Waals surface area contributed by atoms with Crippen LogP contribution < -0.4 is 4.74 Å². The van der Waals surface area contributed by atoms with Crippen LogP contribution in [0.25, 0.3) is 0 Å². The smallest absolute Gasteiger partial charge is 0.319 e. The van der Waals surface area contributed by atoms with Crippen molar-refractivity contribution >= 4 is 29.1 Å². The van der Waals surface area contributed by atoms with E-state index in [1.165, 1.54) is 0 Å². The van der Waals surface area contributed by atoms with Crippen LogP contribution in [0.15, 0.2) is 40.4 Å². The molecule has 0 bridgehead atoms. The van der Waals surface area contributed by atoms with E-state index in [9.17, 15) is 10.1 Å². The predicted octanol–water partition coefficient (Wildman–Crippen LogP) is 3.20. The normalized spacial score (nSPS) is 10.2. The number of rotatable bonds is 4. The second kappa shape index (κ2) is 5.85. The molecule has 2 aromatic rings. The minimum Gasteiger partial charge on any atom is -0.497 e. The molecular formula is C11H8ClN3O3S. The lowest BCUT2D eigenvalue weighted by Gasteiger charge is -2.04. The highest BCUT2D eigenvalue weighted by Crippen LogP contribution is 2.34. The highest BCUT2D eigenvalue weighted by molar-refractivity contribution is 7.99. The zero-order valence-electron chi connectivity index (χ0n) is 9.74. The first-order valence-corrected chi connectivity index (χ1v) is 6.28. The molecule has 0 aliphatic heterocycles. The Kier molecular flexibility index (Phi) is 4.18. The average Bonchev–Trinajstić information content (AvgIpc) is 2.38. The number of halogens is 1. The van der Waals surface area contributed by atoms with Gasteiger partial charge < -0.3 is 4.74 Å². The zero-order chi connectivity index (χ0) is 13.8. The summed E-state index contributed by atoms with van der Waals surface area (Å²) in [5, 5.41) is 11.1. The van der Waals surface area contributed by atoms with Gasteiger partial charge in [0, 0.05) is 4.90 Å². The monoisotopic (exact) mass is 297 g/mol. The number of nitro groups is 1. The van der Waals surface area contributed by atoms with E-state index in [0.717, 1.165) is 22.9 Å². The van der Waals surface area contributed by atoms with E-state index in [2.05, 4.69) is 9.97 Å². The molecule has 2 rings (SSSR count). The standard InChI is InChI=1S/C11H8ClN3O3S/c1-18-7-3-2-4-8(5-7)19-10-9(15(16)17)6-13-11(12)14-10/h2-6H,1H3. The molecule has 0 saturated carbocycles. The molecule has 0 atom stereocenters. The Balaban J connectivity index is 2.36. The fourth-order valence-electron chi connectivity index (χ4n) is 1.32. The van der Waals surface area contributed by atoms with Crippen molar-refractivity contribution in [1.82, 2.24) is 9.97 Å². The molecule has 1 aromatic heterocycles. The average molecular weight is 298 g/mol. The van der Waals surface area contributed by atoms with Crippen LogP contribution in [0.5, 0.6) is 5.75 Å². The van der Waals surface area contributed by atoms with Crippen LogP contribution in [0.1, 0.15) is 0 Å². The van der Waals surface area contributed by atoms with Gasteiger partial charge in [0.1, 0.15) is 11.9 Å². The first-order valence-electron chi connectivity index (χ1n) is 5.09. The summed E-state index contributed by atoms with van der Waals surface area (Å²) in [6, 6.07) is 7.12. The molecule has 0 radical (unpaired) electrons. The van der Waals surface area contributed by atoms with E-state index in [1.54, 1.807) is 31.4 Å². The fourth-order valence-corrected chi connectivity index (χ4v) is 2.41. The molecule has 0 saturated heterocycles. The number of ether oxygens (including phenoxy) is 1. The van der Waals surface area contributed by atoms with Gasteiger partial charge in [-0.15, -0.1) is 0 Å². The van der Waals surface area contributed by atoms with Crippen LogP contribution in [0.2, 0.25) is 5.28 Å². The lowest BCUT2D eigenvalue weighted by molar-refractivity contribution is -0.388. The lowest BCUT2D eigenvalue weighted by atomic mass is 10.3. The SMILES string of the molecule is COc1cccc(Sc2nc(Cl)ncc2[N+](=O)[O-])c1. The number of methoxy groups -OCH3 is 1. The molecule has 0 fully saturated rings. The van der Waals surface area contributed by atoms with E-state index < -0.39 is 4.92 Å². The Morgan fingerprint density at radius 1 is 1.47 bits per heavy atom. The van der Waals surface area contributed by atoms with Gasteiger partial charge in [-0.25, -0.2) is 9.97 Å². The Labute approximate surface area is 117 Å². The van der Waals surface area contributed by atoms with Gasteiger partial charge in [0.25, 0.3) is 0 Å². The van der Waals surface area contributed by atoms with Crippen molar-refractivity contribution in [3.8, 4) is 5.75 Å². The predicted molar refractivity (Wildman–Crippen MR) is 70.8 cm³/mol. The van der Waals surface area contributed by atoms with Crippen LogP contribution in [-0.4, -0.2) is 22.0 Å². The van der Waals surface area contributed by atoms with Crippen molar-refractivity contribution in [1.29, 1.82) is 0 Å². The van der Waals surface area contributed by atoms with Gasteiger partial charge in [0.15, 0.2) is 5.03 Å². The van der Waals surface area contributed by atoms with Crippen LogP contribution in [0.3, 0.4) is 0 Å². The number of benzene rings is 1. The Bertz CT molecular complexity index is 624. The first kappa shape index (κ1) is 13.6. The van der Waals surface area contributed by atoms with E-state index in [0.29, 0.717) is 5.75 Å². The summed E-state index contributed by atoms with van der Waals surface area (Å²) >= 11 is 6.79. The molecule has 1 heterocycles. The third-order valence-corrected chi connectivity index (χ3v) is 3.32. The minimum absolute atomic E-state index is 0.0315. The molecule has 8 heteroatoms. The molecule has 0 spiro atoms. The second-order valence-corrected chi connectivity index (χ2v) is 4.77. The second-order valence-electron chi connectivity index (χ2n) is 3.37. The van der Waals surface area contributed by atoms with Gasteiger partial charge >= 0.3 is 5.69 Å². The van der Waals surface area contributed by atoms with Crippen LogP contribution in [-0.2, 0) is 0 Å².